The number of benzene rings is 1. The van der Waals surface area contributed by atoms with E-state index in [0.717, 1.165) is 17.0 Å². The van der Waals surface area contributed by atoms with Crippen LogP contribution in [0.3, 0.4) is 0 Å². The Hall–Kier alpha value is -2.42. The highest BCUT2D eigenvalue weighted by atomic mass is 15.3. The van der Waals surface area contributed by atoms with Gasteiger partial charge in [0.05, 0.1) is 17.9 Å². The van der Waals surface area contributed by atoms with Gasteiger partial charge in [0.25, 0.3) is 0 Å². The lowest BCUT2D eigenvalue weighted by molar-refractivity contribution is 0.675. The van der Waals surface area contributed by atoms with Crippen LogP contribution in [0.25, 0.3) is 11.3 Å². The lowest BCUT2D eigenvalue weighted by Gasteiger charge is -2.01. The molecular formula is C16H15N3. The van der Waals surface area contributed by atoms with Gasteiger partial charge in [0.15, 0.2) is 0 Å². The van der Waals surface area contributed by atoms with Gasteiger partial charge in [0, 0.05) is 18.0 Å². The maximum Gasteiger partial charge on any atom is 0.0923 e. The average Bonchev–Trinajstić information content (AvgIpc) is 2.89. The van der Waals surface area contributed by atoms with Gasteiger partial charge in [0.1, 0.15) is 0 Å². The molecule has 0 spiro atoms. The SMILES string of the molecule is Cc1ccc(-c2ccn(Cc3ccccn3)n2)cc1. The van der Waals surface area contributed by atoms with Crippen molar-refractivity contribution in [2.24, 2.45) is 0 Å². The van der Waals surface area contributed by atoms with Crippen LogP contribution in [0.2, 0.25) is 0 Å². The summed E-state index contributed by atoms with van der Waals surface area (Å²) in [6.07, 6.45) is 3.80. The number of pyridine rings is 1. The van der Waals surface area contributed by atoms with Gasteiger partial charge in [-0.05, 0) is 25.1 Å². The largest absolute Gasteiger partial charge is 0.266 e. The van der Waals surface area contributed by atoms with Crippen LogP contribution in [0.15, 0.2) is 60.9 Å². The number of hydrogen-bond acceptors (Lipinski definition) is 2. The van der Waals surface area contributed by atoms with E-state index >= 15 is 0 Å². The molecule has 0 N–H and O–H groups in total. The molecule has 0 aliphatic rings. The number of aromatic nitrogens is 3. The molecule has 3 nitrogen and oxygen atoms in total. The first kappa shape index (κ1) is 11.7. The first-order chi connectivity index (χ1) is 9.31. The summed E-state index contributed by atoms with van der Waals surface area (Å²) in [5, 5.41) is 4.58. The number of nitrogens with zero attached hydrogens (tertiary/aromatic N) is 3. The predicted molar refractivity (Wildman–Crippen MR) is 75.7 cm³/mol. The molecule has 0 fully saturated rings. The predicted octanol–water partition coefficient (Wildman–Crippen LogP) is 3.30. The first-order valence-corrected chi connectivity index (χ1v) is 6.32. The van der Waals surface area contributed by atoms with Crippen LogP contribution >= 0.6 is 0 Å². The van der Waals surface area contributed by atoms with Gasteiger partial charge >= 0.3 is 0 Å². The van der Waals surface area contributed by atoms with E-state index in [0.29, 0.717) is 6.54 Å². The maximum absolute atomic E-state index is 4.58. The molecule has 0 aliphatic heterocycles. The maximum atomic E-state index is 4.58. The van der Waals surface area contributed by atoms with E-state index < -0.39 is 0 Å². The summed E-state index contributed by atoms with van der Waals surface area (Å²) in [7, 11) is 0. The lowest BCUT2D eigenvalue weighted by Crippen LogP contribution is -2.01. The second kappa shape index (κ2) is 5.06. The molecule has 0 atom stereocenters. The van der Waals surface area contributed by atoms with Crippen LogP contribution in [-0.4, -0.2) is 14.8 Å². The molecule has 0 saturated heterocycles. The molecule has 0 radical (unpaired) electrons. The summed E-state index contributed by atoms with van der Waals surface area (Å²) in [6.45, 7) is 2.79. The van der Waals surface area contributed by atoms with E-state index in [1.165, 1.54) is 5.56 Å². The van der Waals surface area contributed by atoms with E-state index in [2.05, 4.69) is 41.3 Å². The summed E-state index contributed by atoms with van der Waals surface area (Å²) < 4.78 is 1.91. The zero-order valence-corrected chi connectivity index (χ0v) is 10.8. The Morgan fingerprint density at radius 2 is 1.84 bits per heavy atom. The third-order valence-corrected chi connectivity index (χ3v) is 3.04. The number of hydrogen-bond donors (Lipinski definition) is 0. The highest BCUT2D eigenvalue weighted by Crippen LogP contribution is 2.17. The highest BCUT2D eigenvalue weighted by Gasteiger charge is 2.03. The van der Waals surface area contributed by atoms with E-state index in [4.69, 9.17) is 0 Å². The minimum Gasteiger partial charge on any atom is -0.266 e. The monoisotopic (exact) mass is 249 g/mol. The van der Waals surface area contributed by atoms with Crippen molar-refractivity contribution in [2.75, 3.05) is 0 Å². The van der Waals surface area contributed by atoms with Crippen molar-refractivity contribution >= 4 is 0 Å². The third-order valence-electron chi connectivity index (χ3n) is 3.04. The quantitative estimate of drug-likeness (QED) is 0.713. The Bertz CT molecular complexity index is 654. The molecule has 0 saturated carbocycles. The van der Waals surface area contributed by atoms with Crippen molar-refractivity contribution in [3.05, 3.63) is 72.2 Å². The van der Waals surface area contributed by atoms with E-state index in [-0.39, 0.29) is 0 Å². The Labute approximate surface area is 112 Å². The molecule has 0 bridgehead atoms. The summed E-state index contributed by atoms with van der Waals surface area (Å²) in [6, 6.07) is 16.4. The van der Waals surface area contributed by atoms with Crippen LogP contribution in [0.4, 0.5) is 0 Å². The number of aryl methyl sites for hydroxylation is 1. The average molecular weight is 249 g/mol. The van der Waals surface area contributed by atoms with Gasteiger partial charge in [-0.15, -0.1) is 0 Å². The van der Waals surface area contributed by atoms with E-state index in [9.17, 15) is 0 Å². The molecule has 0 aliphatic carbocycles. The fourth-order valence-electron chi connectivity index (χ4n) is 1.99. The van der Waals surface area contributed by atoms with Crippen LogP contribution in [-0.2, 0) is 6.54 Å². The van der Waals surface area contributed by atoms with E-state index in [1.54, 1.807) is 6.20 Å². The van der Waals surface area contributed by atoms with E-state index in [1.807, 2.05) is 35.1 Å². The molecule has 2 heterocycles. The van der Waals surface area contributed by atoms with Crippen LogP contribution in [0.5, 0.6) is 0 Å². The molecule has 3 heteroatoms. The Morgan fingerprint density at radius 1 is 1.00 bits per heavy atom. The zero-order chi connectivity index (χ0) is 13.1. The smallest absolute Gasteiger partial charge is 0.0923 e. The molecule has 0 amide bonds. The molecule has 2 aromatic heterocycles. The summed E-state index contributed by atoms with van der Waals surface area (Å²) in [5.41, 5.74) is 4.42. The highest BCUT2D eigenvalue weighted by molar-refractivity contribution is 5.58. The van der Waals surface area contributed by atoms with Crippen molar-refractivity contribution in [3.63, 3.8) is 0 Å². The number of rotatable bonds is 3. The Kier molecular flexibility index (Phi) is 3.11. The van der Waals surface area contributed by atoms with Crippen molar-refractivity contribution in [3.8, 4) is 11.3 Å². The molecule has 3 rings (SSSR count). The normalized spacial score (nSPS) is 10.6. The van der Waals surface area contributed by atoms with Crippen molar-refractivity contribution in [1.82, 2.24) is 14.8 Å². The van der Waals surface area contributed by atoms with Gasteiger partial charge in [0.2, 0.25) is 0 Å². The van der Waals surface area contributed by atoms with Gasteiger partial charge in [-0.3, -0.25) is 9.67 Å². The lowest BCUT2D eigenvalue weighted by atomic mass is 10.1. The first-order valence-electron chi connectivity index (χ1n) is 6.32. The second-order valence-electron chi connectivity index (χ2n) is 4.59. The molecule has 19 heavy (non-hydrogen) atoms. The van der Waals surface area contributed by atoms with Crippen molar-refractivity contribution in [1.29, 1.82) is 0 Å². The Balaban J connectivity index is 1.82. The van der Waals surface area contributed by atoms with Crippen molar-refractivity contribution in [2.45, 2.75) is 13.5 Å². The van der Waals surface area contributed by atoms with Gasteiger partial charge in [-0.1, -0.05) is 35.9 Å². The van der Waals surface area contributed by atoms with Gasteiger partial charge < -0.3 is 0 Å². The molecule has 0 unspecified atom stereocenters. The standard InChI is InChI=1S/C16H15N3/c1-13-5-7-14(8-6-13)16-9-11-19(18-16)12-15-4-2-3-10-17-15/h2-11H,12H2,1H3. The fraction of sp³-hybridized carbons (Fsp3) is 0.125. The molecule has 1 aromatic carbocycles. The van der Waals surface area contributed by atoms with Crippen LogP contribution < -0.4 is 0 Å². The molecule has 94 valence electrons. The van der Waals surface area contributed by atoms with Gasteiger partial charge in [-0.2, -0.15) is 5.10 Å². The third kappa shape index (κ3) is 2.71. The summed E-state index contributed by atoms with van der Waals surface area (Å²) >= 11 is 0. The van der Waals surface area contributed by atoms with Crippen LogP contribution in [0, 0.1) is 6.92 Å². The van der Waals surface area contributed by atoms with Crippen LogP contribution in [0.1, 0.15) is 11.3 Å². The molecular weight excluding hydrogens is 234 g/mol. The molecule has 3 aromatic rings. The Morgan fingerprint density at radius 3 is 2.58 bits per heavy atom. The fourth-order valence-corrected chi connectivity index (χ4v) is 1.99. The minimum atomic E-state index is 0.701. The zero-order valence-electron chi connectivity index (χ0n) is 10.8. The summed E-state index contributed by atoms with van der Waals surface area (Å²) in [4.78, 5) is 4.31. The van der Waals surface area contributed by atoms with Gasteiger partial charge in [-0.25, -0.2) is 0 Å². The second-order valence-corrected chi connectivity index (χ2v) is 4.59. The topological polar surface area (TPSA) is 30.7 Å². The minimum absolute atomic E-state index is 0.701. The summed E-state index contributed by atoms with van der Waals surface area (Å²) in [5.74, 6) is 0. The van der Waals surface area contributed by atoms with Crippen molar-refractivity contribution < 1.29 is 0 Å².